The Balaban J connectivity index is 3.17. The number of ether oxygens (including phenoxy) is 2. The summed E-state index contributed by atoms with van der Waals surface area (Å²) in [6.07, 6.45) is -3.47. The molecular weight excluding hydrogens is 360 g/mol. The van der Waals surface area contributed by atoms with E-state index in [0.29, 0.717) is 5.02 Å². The van der Waals surface area contributed by atoms with E-state index in [0.717, 1.165) is 0 Å². The predicted octanol–water partition coefficient (Wildman–Crippen LogP) is 2.93. The van der Waals surface area contributed by atoms with E-state index in [1.807, 2.05) is 5.43 Å². The maximum Gasteiger partial charge on any atom is 0.443 e. The van der Waals surface area contributed by atoms with Gasteiger partial charge in [0.15, 0.2) is 0 Å². The number of nitrogens with zero attached hydrogens (tertiary/aromatic N) is 1. The molecule has 2 amide bonds. The van der Waals surface area contributed by atoms with Crippen molar-refractivity contribution in [3.05, 3.63) is 29.3 Å². The first-order valence-electron chi connectivity index (χ1n) is 7.02. The van der Waals surface area contributed by atoms with Gasteiger partial charge in [0.05, 0.1) is 17.1 Å². The predicted molar refractivity (Wildman–Crippen MR) is 86.8 cm³/mol. The number of benzene rings is 1. The lowest BCUT2D eigenvalue weighted by molar-refractivity contribution is 0.0715. The van der Waals surface area contributed by atoms with Gasteiger partial charge in [0, 0.05) is 5.02 Å². The summed E-state index contributed by atoms with van der Waals surface area (Å²) in [5.74, 6) is 0. The van der Waals surface area contributed by atoms with Crippen LogP contribution in [-0.4, -0.2) is 37.2 Å². The third-order valence-electron chi connectivity index (χ3n) is 2.39. The van der Waals surface area contributed by atoms with E-state index >= 15 is 0 Å². The van der Waals surface area contributed by atoms with Crippen LogP contribution in [0.5, 0.6) is 0 Å². The lowest BCUT2D eigenvalue weighted by Gasteiger charge is -2.23. The SMILES string of the molecule is CC(C)OC(=O)NN(C(=O)OC(C)C)S(=O)(=O)c1ccc(Cl)cc1. The maximum atomic E-state index is 12.6. The standard InChI is InChI=1S/C14H19ClN2O6S/c1-9(2)22-13(18)16-17(14(19)23-10(3)4)24(20,21)12-7-5-11(15)6-8-12/h5-10H,1-4H3,(H,16,18). The van der Waals surface area contributed by atoms with Crippen molar-refractivity contribution in [2.45, 2.75) is 44.8 Å². The number of rotatable bonds is 4. The molecule has 0 bridgehead atoms. The molecule has 10 heteroatoms. The molecule has 1 N–H and O–H groups in total. The summed E-state index contributed by atoms with van der Waals surface area (Å²) in [7, 11) is -4.41. The minimum Gasteiger partial charge on any atom is -0.446 e. The number of nitrogens with one attached hydrogen (secondary N) is 1. The molecule has 0 spiro atoms. The van der Waals surface area contributed by atoms with Crippen LogP contribution in [0.2, 0.25) is 5.02 Å². The molecule has 0 aromatic heterocycles. The molecule has 0 unspecified atom stereocenters. The Hall–Kier alpha value is -2.00. The number of hydrogen-bond donors (Lipinski definition) is 1. The molecule has 0 aliphatic heterocycles. The number of amides is 2. The molecule has 0 fully saturated rings. The van der Waals surface area contributed by atoms with E-state index in [-0.39, 0.29) is 9.31 Å². The summed E-state index contributed by atoms with van der Waals surface area (Å²) >= 11 is 5.72. The van der Waals surface area contributed by atoms with E-state index in [4.69, 9.17) is 21.1 Å². The van der Waals surface area contributed by atoms with E-state index in [9.17, 15) is 18.0 Å². The fourth-order valence-corrected chi connectivity index (χ4v) is 2.74. The first-order valence-corrected chi connectivity index (χ1v) is 8.84. The van der Waals surface area contributed by atoms with Gasteiger partial charge in [0.25, 0.3) is 10.0 Å². The van der Waals surface area contributed by atoms with Crippen molar-refractivity contribution in [3.8, 4) is 0 Å². The molecule has 24 heavy (non-hydrogen) atoms. The van der Waals surface area contributed by atoms with Gasteiger partial charge in [0.1, 0.15) is 0 Å². The third-order valence-corrected chi connectivity index (χ3v) is 4.23. The Morgan fingerprint density at radius 2 is 1.54 bits per heavy atom. The van der Waals surface area contributed by atoms with Crippen LogP contribution in [0.3, 0.4) is 0 Å². The first kappa shape index (κ1) is 20.0. The van der Waals surface area contributed by atoms with E-state index < -0.39 is 34.4 Å². The van der Waals surface area contributed by atoms with Crippen LogP contribution in [-0.2, 0) is 19.5 Å². The van der Waals surface area contributed by atoms with Gasteiger partial charge >= 0.3 is 12.2 Å². The van der Waals surface area contributed by atoms with E-state index in [1.54, 1.807) is 13.8 Å². The van der Waals surface area contributed by atoms with Gasteiger partial charge in [-0.3, -0.25) is 0 Å². The van der Waals surface area contributed by atoms with Crippen molar-refractivity contribution in [1.82, 2.24) is 9.84 Å². The number of hydrazine groups is 1. The van der Waals surface area contributed by atoms with Crippen LogP contribution < -0.4 is 5.43 Å². The minimum atomic E-state index is -4.41. The first-order chi connectivity index (χ1) is 11.0. The largest absolute Gasteiger partial charge is 0.446 e. The number of carbonyl (C=O) groups is 2. The van der Waals surface area contributed by atoms with E-state index in [2.05, 4.69) is 0 Å². The van der Waals surface area contributed by atoms with Gasteiger partial charge in [-0.05, 0) is 52.0 Å². The van der Waals surface area contributed by atoms with Crippen molar-refractivity contribution in [1.29, 1.82) is 0 Å². The number of carbonyl (C=O) groups excluding carboxylic acids is 2. The fraction of sp³-hybridized carbons (Fsp3) is 0.429. The van der Waals surface area contributed by atoms with Crippen LogP contribution in [0.4, 0.5) is 9.59 Å². The Morgan fingerprint density at radius 1 is 1.04 bits per heavy atom. The second-order valence-corrected chi connectivity index (χ2v) is 7.44. The Morgan fingerprint density at radius 3 is 2.00 bits per heavy atom. The second-order valence-electron chi connectivity index (χ2n) is 5.22. The molecule has 0 aliphatic rings. The highest BCUT2D eigenvalue weighted by Crippen LogP contribution is 2.18. The van der Waals surface area contributed by atoms with Crippen molar-refractivity contribution < 1.29 is 27.5 Å². The zero-order valence-electron chi connectivity index (χ0n) is 13.6. The van der Waals surface area contributed by atoms with Crippen LogP contribution >= 0.6 is 11.6 Å². The quantitative estimate of drug-likeness (QED) is 0.808. The lowest BCUT2D eigenvalue weighted by Crippen LogP contribution is -2.50. The Bertz CT molecular complexity index is 688. The molecular formula is C14H19ClN2O6S. The summed E-state index contributed by atoms with van der Waals surface area (Å²) in [5, 5.41) is 0.317. The maximum absolute atomic E-state index is 12.6. The monoisotopic (exact) mass is 378 g/mol. The molecule has 1 aromatic carbocycles. The molecule has 0 aliphatic carbocycles. The average Bonchev–Trinajstić information content (AvgIpc) is 2.43. The second kappa shape index (κ2) is 8.20. The fourth-order valence-electron chi connectivity index (χ4n) is 1.49. The number of hydrogen-bond acceptors (Lipinski definition) is 6. The average molecular weight is 379 g/mol. The molecule has 0 saturated heterocycles. The highest BCUT2D eigenvalue weighted by molar-refractivity contribution is 7.89. The van der Waals surface area contributed by atoms with Gasteiger partial charge < -0.3 is 9.47 Å². The van der Waals surface area contributed by atoms with Gasteiger partial charge in [-0.1, -0.05) is 11.6 Å². The van der Waals surface area contributed by atoms with Gasteiger partial charge in [-0.25, -0.2) is 15.0 Å². The van der Waals surface area contributed by atoms with E-state index in [1.165, 1.54) is 38.1 Å². The molecule has 1 rings (SSSR count). The summed E-state index contributed by atoms with van der Waals surface area (Å²) in [4.78, 5) is 23.6. The third kappa shape index (κ3) is 5.57. The zero-order valence-corrected chi connectivity index (χ0v) is 15.2. The normalized spacial score (nSPS) is 11.3. The highest BCUT2D eigenvalue weighted by Gasteiger charge is 2.33. The van der Waals surface area contributed by atoms with Gasteiger partial charge in [0.2, 0.25) is 0 Å². The number of halogens is 1. The Kier molecular flexibility index (Phi) is 6.85. The van der Waals surface area contributed by atoms with Gasteiger partial charge in [-0.15, -0.1) is 4.41 Å². The summed E-state index contributed by atoms with van der Waals surface area (Å²) in [5.41, 5.74) is 1.88. The lowest BCUT2D eigenvalue weighted by atomic mass is 10.4. The highest BCUT2D eigenvalue weighted by atomic mass is 35.5. The molecule has 134 valence electrons. The minimum absolute atomic E-state index is 0.0982. The van der Waals surface area contributed by atoms with Crippen molar-refractivity contribution in [2.75, 3.05) is 0 Å². The van der Waals surface area contributed by atoms with Crippen molar-refractivity contribution in [2.24, 2.45) is 0 Å². The number of sulfonamides is 1. The summed E-state index contributed by atoms with van der Waals surface area (Å²) < 4.78 is 35.0. The molecule has 0 saturated carbocycles. The smallest absolute Gasteiger partial charge is 0.443 e. The molecule has 0 heterocycles. The zero-order chi connectivity index (χ0) is 18.5. The van der Waals surface area contributed by atoms with Crippen LogP contribution in [0.25, 0.3) is 0 Å². The molecule has 8 nitrogen and oxygen atoms in total. The topological polar surface area (TPSA) is 102 Å². The Labute approximate surface area is 145 Å². The molecule has 0 atom stereocenters. The molecule has 1 aromatic rings. The summed E-state index contributed by atoms with van der Waals surface area (Å²) in [6, 6.07) is 5.07. The molecule has 0 radical (unpaired) electrons. The van der Waals surface area contributed by atoms with Crippen molar-refractivity contribution in [3.63, 3.8) is 0 Å². The van der Waals surface area contributed by atoms with Crippen LogP contribution in [0.15, 0.2) is 29.2 Å². The van der Waals surface area contributed by atoms with Gasteiger partial charge in [-0.2, -0.15) is 8.42 Å². The van der Waals surface area contributed by atoms with Crippen LogP contribution in [0, 0.1) is 0 Å². The van der Waals surface area contributed by atoms with Crippen molar-refractivity contribution >= 4 is 33.8 Å². The van der Waals surface area contributed by atoms with Crippen LogP contribution in [0.1, 0.15) is 27.7 Å². The summed E-state index contributed by atoms with van der Waals surface area (Å²) in [6.45, 7) is 6.23.